The van der Waals surface area contributed by atoms with Gasteiger partial charge < -0.3 is 14.7 Å². The highest BCUT2D eigenvalue weighted by atomic mass is 35.5. The molecular weight excluding hydrogens is 426 g/mol. The molecule has 160 valence electrons. The summed E-state index contributed by atoms with van der Waals surface area (Å²) in [4.78, 5) is 14.0. The number of rotatable bonds is 4. The van der Waals surface area contributed by atoms with Gasteiger partial charge in [0, 0.05) is 24.0 Å². The topological polar surface area (TPSA) is 83.9 Å². The summed E-state index contributed by atoms with van der Waals surface area (Å²) in [7, 11) is -3.72. The number of hydrogen-bond acceptors (Lipinski definition) is 5. The largest absolute Gasteiger partial charge is 0.449 e. The van der Waals surface area contributed by atoms with E-state index in [1.54, 1.807) is 12.1 Å². The SMILES string of the molecule is O=C(OCC1CCc2ccccc2C1S(=O)(=O)c1ccc(Cl)cc1)N1CCC(O)C1. The molecule has 1 saturated heterocycles. The summed E-state index contributed by atoms with van der Waals surface area (Å²) in [6.07, 6.45) is 0.822. The predicted molar refractivity (Wildman–Crippen MR) is 113 cm³/mol. The van der Waals surface area contributed by atoms with Crippen LogP contribution in [0.2, 0.25) is 5.02 Å². The lowest BCUT2D eigenvalue weighted by atomic mass is 9.84. The van der Waals surface area contributed by atoms with Crippen LogP contribution in [0.1, 0.15) is 29.2 Å². The molecule has 6 nitrogen and oxygen atoms in total. The highest BCUT2D eigenvalue weighted by Gasteiger charge is 2.40. The van der Waals surface area contributed by atoms with Gasteiger partial charge >= 0.3 is 6.09 Å². The van der Waals surface area contributed by atoms with Crippen LogP contribution in [0, 0.1) is 5.92 Å². The lowest BCUT2D eigenvalue weighted by molar-refractivity contribution is 0.0852. The second-order valence-corrected chi connectivity index (χ2v) is 10.4. The lowest BCUT2D eigenvalue weighted by Crippen LogP contribution is -2.35. The Morgan fingerprint density at radius 3 is 2.57 bits per heavy atom. The van der Waals surface area contributed by atoms with E-state index in [1.165, 1.54) is 17.0 Å². The van der Waals surface area contributed by atoms with Gasteiger partial charge in [0.2, 0.25) is 0 Å². The molecule has 3 atom stereocenters. The fourth-order valence-corrected chi connectivity index (χ4v) is 6.55. The third-order valence-corrected chi connectivity index (χ3v) is 8.38. The Hall–Kier alpha value is -2.09. The molecule has 2 aromatic carbocycles. The number of amides is 1. The molecule has 1 aliphatic carbocycles. The van der Waals surface area contributed by atoms with Crippen molar-refractivity contribution in [2.24, 2.45) is 5.92 Å². The van der Waals surface area contributed by atoms with Gasteiger partial charge in [0.1, 0.15) is 0 Å². The van der Waals surface area contributed by atoms with Crippen molar-refractivity contribution in [2.45, 2.75) is 35.5 Å². The van der Waals surface area contributed by atoms with Crippen molar-refractivity contribution in [1.82, 2.24) is 4.90 Å². The minimum absolute atomic E-state index is 0.0112. The van der Waals surface area contributed by atoms with Crippen molar-refractivity contribution in [3.8, 4) is 0 Å². The fraction of sp³-hybridized carbons (Fsp3) is 0.409. The first-order valence-corrected chi connectivity index (χ1v) is 12.0. The van der Waals surface area contributed by atoms with Gasteiger partial charge in [0.15, 0.2) is 9.84 Å². The van der Waals surface area contributed by atoms with E-state index in [0.717, 1.165) is 17.5 Å². The molecule has 1 N–H and O–H groups in total. The summed E-state index contributed by atoms with van der Waals surface area (Å²) in [6.45, 7) is 0.704. The molecule has 1 aliphatic heterocycles. The van der Waals surface area contributed by atoms with Crippen molar-refractivity contribution in [1.29, 1.82) is 0 Å². The third kappa shape index (κ3) is 4.19. The molecule has 0 radical (unpaired) electrons. The number of carbonyl (C=O) groups is 1. The van der Waals surface area contributed by atoms with Crippen LogP contribution in [0.4, 0.5) is 4.79 Å². The maximum absolute atomic E-state index is 13.6. The smallest absolute Gasteiger partial charge is 0.409 e. The van der Waals surface area contributed by atoms with E-state index in [2.05, 4.69) is 0 Å². The number of likely N-dealkylation sites (tertiary alicyclic amines) is 1. The quantitative estimate of drug-likeness (QED) is 0.770. The Balaban J connectivity index is 1.61. The molecule has 0 saturated carbocycles. The Bertz CT molecular complexity index is 1020. The van der Waals surface area contributed by atoms with Crippen LogP contribution in [0.3, 0.4) is 0 Å². The van der Waals surface area contributed by atoms with E-state index in [9.17, 15) is 18.3 Å². The number of benzene rings is 2. The molecule has 8 heteroatoms. The Kier molecular flexibility index (Phi) is 6.04. The summed E-state index contributed by atoms with van der Waals surface area (Å²) >= 11 is 5.94. The molecule has 4 rings (SSSR count). The van der Waals surface area contributed by atoms with E-state index >= 15 is 0 Å². The summed E-state index contributed by atoms with van der Waals surface area (Å²) < 4.78 is 32.7. The van der Waals surface area contributed by atoms with E-state index in [4.69, 9.17) is 16.3 Å². The van der Waals surface area contributed by atoms with Gasteiger partial charge in [-0.05, 0) is 54.7 Å². The zero-order valence-corrected chi connectivity index (χ0v) is 18.0. The summed E-state index contributed by atoms with van der Waals surface area (Å²) in [5, 5.41) is 9.29. The zero-order valence-electron chi connectivity index (χ0n) is 16.4. The first-order valence-electron chi connectivity index (χ1n) is 10.0. The molecule has 1 amide bonds. The van der Waals surface area contributed by atoms with Crippen LogP contribution < -0.4 is 0 Å². The summed E-state index contributed by atoms with van der Waals surface area (Å²) in [5.41, 5.74) is 1.77. The molecule has 2 aliphatic rings. The number of β-amino-alcohol motifs (C(OH)–C–C–N with tert-alkyl or cyclic N) is 1. The van der Waals surface area contributed by atoms with E-state index < -0.39 is 27.3 Å². The Morgan fingerprint density at radius 2 is 1.87 bits per heavy atom. The van der Waals surface area contributed by atoms with Crippen LogP contribution in [-0.2, 0) is 21.0 Å². The van der Waals surface area contributed by atoms with Gasteiger partial charge in [-0.15, -0.1) is 0 Å². The van der Waals surface area contributed by atoms with Gasteiger partial charge in [-0.2, -0.15) is 0 Å². The van der Waals surface area contributed by atoms with E-state index in [-0.39, 0.29) is 24.0 Å². The molecule has 0 bridgehead atoms. The second-order valence-electron chi connectivity index (χ2n) is 7.88. The number of halogens is 1. The highest BCUT2D eigenvalue weighted by molar-refractivity contribution is 7.91. The number of aliphatic hydroxyl groups is 1. The number of carbonyl (C=O) groups excluding carboxylic acids is 1. The molecule has 0 spiro atoms. The number of fused-ring (bicyclic) bond motifs is 1. The van der Waals surface area contributed by atoms with Crippen LogP contribution in [-0.4, -0.2) is 50.3 Å². The molecule has 0 aromatic heterocycles. The number of aryl methyl sites for hydroxylation is 1. The fourth-order valence-electron chi connectivity index (χ4n) is 4.33. The van der Waals surface area contributed by atoms with Crippen LogP contribution in [0.25, 0.3) is 0 Å². The maximum atomic E-state index is 13.6. The molecule has 2 aromatic rings. The van der Waals surface area contributed by atoms with Crippen molar-refractivity contribution in [3.63, 3.8) is 0 Å². The highest BCUT2D eigenvalue weighted by Crippen LogP contribution is 2.43. The van der Waals surface area contributed by atoms with Gasteiger partial charge in [-0.1, -0.05) is 35.9 Å². The standard InChI is InChI=1S/C22H24ClNO5S/c23-17-7-9-19(10-8-17)30(27,28)21-16(6-5-15-3-1-2-4-20(15)21)14-29-22(26)24-12-11-18(25)13-24/h1-4,7-10,16,18,21,25H,5-6,11-14H2. The first kappa shape index (κ1) is 21.2. The van der Waals surface area contributed by atoms with Crippen molar-refractivity contribution >= 4 is 27.5 Å². The molecule has 1 heterocycles. The van der Waals surface area contributed by atoms with Crippen molar-refractivity contribution in [3.05, 3.63) is 64.7 Å². The number of aliphatic hydroxyl groups excluding tert-OH is 1. The maximum Gasteiger partial charge on any atom is 0.409 e. The Labute approximate surface area is 181 Å². The molecule has 30 heavy (non-hydrogen) atoms. The monoisotopic (exact) mass is 449 g/mol. The van der Waals surface area contributed by atoms with E-state index in [0.29, 0.717) is 24.4 Å². The molecule has 3 unspecified atom stereocenters. The number of ether oxygens (including phenoxy) is 1. The average molecular weight is 450 g/mol. The molecular formula is C22H24ClNO5S. The van der Waals surface area contributed by atoms with E-state index in [1.807, 2.05) is 24.3 Å². The summed E-state index contributed by atoms with van der Waals surface area (Å²) in [5.74, 6) is -0.364. The Morgan fingerprint density at radius 1 is 1.13 bits per heavy atom. The normalized spacial score (nSPS) is 23.8. The number of hydrogen-bond donors (Lipinski definition) is 1. The number of nitrogens with zero attached hydrogens (tertiary/aromatic N) is 1. The summed E-state index contributed by atoms with van der Waals surface area (Å²) in [6, 6.07) is 13.7. The van der Waals surface area contributed by atoms with Crippen molar-refractivity contribution in [2.75, 3.05) is 19.7 Å². The second kappa shape index (κ2) is 8.57. The van der Waals surface area contributed by atoms with Gasteiger partial charge in [-0.25, -0.2) is 13.2 Å². The first-order chi connectivity index (χ1) is 14.4. The zero-order chi connectivity index (χ0) is 21.3. The van der Waals surface area contributed by atoms with Gasteiger partial charge in [0.25, 0.3) is 0 Å². The molecule has 1 fully saturated rings. The van der Waals surface area contributed by atoms with Gasteiger partial charge in [-0.3, -0.25) is 0 Å². The van der Waals surface area contributed by atoms with Crippen molar-refractivity contribution < 1.29 is 23.1 Å². The third-order valence-electron chi connectivity index (χ3n) is 5.89. The minimum atomic E-state index is -3.72. The van der Waals surface area contributed by atoms with Gasteiger partial charge in [0.05, 0.1) is 22.9 Å². The van der Waals surface area contributed by atoms with Crippen LogP contribution in [0.15, 0.2) is 53.4 Å². The lowest BCUT2D eigenvalue weighted by Gasteiger charge is -2.33. The number of sulfone groups is 1. The average Bonchev–Trinajstić information content (AvgIpc) is 3.18. The van der Waals surface area contributed by atoms with Crippen LogP contribution >= 0.6 is 11.6 Å². The predicted octanol–water partition coefficient (Wildman–Crippen LogP) is 3.62. The van der Waals surface area contributed by atoms with Crippen LogP contribution in [0.5, 0.6) is 0 Å². The minimum Gasteiger partial charge on any atom is -0.449 e.